The number of aliphatic carboxylic acids is 1. The smallest absolute Gasteiger partial charge is 0.475 e. The molecule has 2 aliphatic carbocycles. The Morgan fingerprint density at radius 2 is 1.38 bits per heavy atom. The minimum atomic E-state index is -5.08. The fourth-order valence-electron chi connectivity index (χ4n) is 6.41. The first-order valence-corrected chi connectivity index (χ1v) is 15.5. The molecule has 5 rings (SSSR count). The third kappa shape index (κ3) is 9.08. The third-order valence-corrected chi connectivity index (χ3v) is 8.90. The van der Waals surface area contributed by atoms with Gasteiger partial charge in [-0.15, -0.1) is 0 Å². The number of carbonyl (C=O) groups is 2. The lowest BCUT2D eigenvalue weighted by Gasteiger charge is -2.36. The zero-order valence-electron chi connectivity index (χ0n) is 25.4. The molecular formula is C35H42F3N3O4. The molecule has 0 unspecified atom stereocenters. The normalized spacial score (nSPS) is 20.2. The van der Waals surface area contributed by atoms with Gasteiger partial charge in [0.05, 0.1) is 6.04 Å². The van der Waals surface area contributed by atoms with Crippen LogP contribution in [0.2, 0.25) is 0 Å². The van der Waals surface area contributed by atoms with Crippen molar-refractivity contribution in [2.45, 2.75) is 81.8 Å². The number of rotatable bonds is 9. The van der Waals surface area contributed by atoms with Gasteiger partial charge in [0, 0.05) is 12.1 Å². The number of nitrogens with one attached hydrogen (secondary N) is 3. The van der Waals surface area contributed by atoms with Crippen LogP contribution in [-0.2, 0) is 16.8 Å². The molecule has 2 aliphatic rings. The SMILES string of the molecule is C[C@@H](NC(=O)N[C@H]1CC[C@H](CCN[C@@H]2CCc3ccccc32)CC1)C(O)(c1ccccc1)c1ccccc1.O=C(O)C(F)(F)F. The van der Waals surface area contributed by atoms with Crippen molar-refractivity contribution in [3.8, 4) is 0 Å². The van der Waals surface area contributed by atoms with E-state index in [1.165, 1.54) is 30.4 Å². The van der Waals surface area contributed by atoms with E-state index in [4.69, 9.17) is 9.90 Å². The highest BCUT2D eigenvalue weighted by atomic mass is 19.4. The number of hydrogen-bond acceptors (Lipinski definition) is 4. The number of hydrogen-bond donors (Lipinski definition) is 5. The highest BCUT2D eigenvalue weighted by Gasteiger charge is 2.39. The topological polar surface area (TPSA) is 111 Å². The van der Waals surface area contributed by atoms with Gasteiger partial charge in [0.15, 0.2) is 0 Å². The van der Waals surface area contributed by atoms with E-state index in [9.17, 15) is 23.1 Å². The van der Waals surface area contributed by atoms with Crippen LogP contribution in [0.25, 0.3) is 0 Å². The summed E-state index contributed by atoms with van der Waals surface area (Å²) in [6.45, 7) is 2.92. The van der Waals surface area contributed by atoms with E-state index in [1.807, 2.05) is 67.6 Å². The summed E-state index contributed by atoms with van der Waals surface area (Å²) in [4.78, 5) is 21.9. The number of aryl methyl sites for hydroxylation is 1. The highest BCUT2D eigenvalue weighted by Crippen LogP contribution is 2.34. The molecule has 3 aromatic carbocycles. The van der Waals surface area contributed by atoms with Crippen molar-refractivity contribution in [3.63, 3.8) is 0 Å². The number of aliphatic hydroxyl groups is 1. The number of benzene rings is 3. The lowest BCUT2D eigenvalue weighted by molar-refractivity contribution is -0.192. The Hall–Kier alpha value is -3.89. The average molecular weight is 626 g/mol. The predicted octanol–water partition coefficient (Wildman–Crippen LogP) is 6.47. The van der Waals surface area contributed by atoms with Gasteiger partial charge in [-0.3, -0.25) is 0 Å². The van der Waals surface area contributed by atoms with E-state index in [0.29, 0.717) is 12.0 Å². The average Bonchev–Trinajstić information content (AvgIpc) is 3.45. The van der Waals surface area contributed by atoms with Crippen molar-refractivity contribution in [1.82, 2.24) is 16.0 Å². The van der Waals surface area contributed by atoms with Crippen molar-refractivity contribution >= 4 is 12.0 Å². The lowest BCUT2D eigenvalue weighted by atomic mass is 9.81. The predicted molar refractivity (Wildman–Crippen MR) is 167 cm³/mol. The Labute approximate surface area is 262 Å². The molecule has 0 aromatic heterocycles. The molecule has 0 spiro atoms. The summed E-state index contributed by atoms with van der Waals surface area (Å²) in [5.41, 5.74) is 3.16. The molecule has 0 bridgehead atoms. The molecule has 0 aliphatic heterocycles. The van der Waals surface area contributed by atoms with Crippen LogP contribution in [-0.4, -0.2) is 47.0 Å². The summed E-state index contributed by atoms with van der Waals surface area (Å²) in [7, 11) is 0. The second-order valence-electron chi connectivity index (χ2n) is 11.9. The van der Waals surface area contributed by atoms with E-state index in [-0.39, 0.29) is 12.1 Å². The van der Waals surface area contributed by atoms with E-state index in [2.05, 4.69) is 40.2 Å². The third-order valence-electron chi connectivity index (χ3n) is 8.90. The first-order chi connectivity index (χ1) is 21.5. The van der Waals surface area contributed by atoms with Crippen LogP contribution in [0.5, 0.6) is 0 Å². The number of alkyl halides is 3. The van der Waals surface area contributed by atoms with Crippen LogP contribution in [0.1, 0.15) is 73.7 Å². The molecule has 0 saturated heterocycles. The van der Waals surface area contributed by atoms with Gasteiger partial charge in [0.1, 0.15) is 5.60 Å². The molecule has 45 heavy (non-hydrogen) atoms. The molecule has 3 aromatic rings. The summed E-state index contributed by atoms with van der Waals surface area (Å²) in [6, 6.07) is 27.9. The molecule has 242 valence electrons. The Kier molecular flexibility index (Phi) is 11.6. The van der Waals surface area contributed by atoms with Crippen LogP contribution in [0, 0.1) is 5.92 Å². The van der Waals surface area contributed by atoms with Gasteiger partial charge in [-0.25, -0.2) is 9.59 Å². The summed E-state index contributed by atoms with van der Waals surface area (Å²) < 4.78 is 31.7. The highest BCUT2D eigenvalue weighted by molar-refractivity contribution is 5.75. The number of carboxylic acid groups (broad SMARTS) is 1. The van der Waals surface area contributed by atoms with E-state index >= 15 is 0 Å². The molecule has 0 heterocycles. The number of amides is 2. The summed E-state index contributed by atoms with van der Waals surface area (Å²) in [5.74, 6) is -2.05. The van der Waals surface area contributed by atoms with Gasteiger partial charge in [0.25, 0.3) is 0 Å². The van der Waals surface area contributed by atoms with Gasteiger partial charge < -0.3 is 26.2 Å². The Morgan fingerprint density at radius 3 is 1.93 bits per heavy atom. The van der Waals surface area contributed by atoms with Crippen LogP contribution < -0.4 is 16.0 Å². The maximum Gasteiger partial charge on any atom is 0.490 e. The molecule has 10 heteroatoms. The number of halogens is 3. The van der Waals surface area contributed by atoms with Crippen molar-refractivity contribution < 1.29 is 33.0 Å². The molecule has 1 saturated carbocycles. The molecule has 7 nitrogen and oxygen atoms in total. The van der Waals surface area contributed by atoms with Crippen molar-refractivity contribution in [2.24, 2.45) is 5.92 Å². The zero-order valence-corrected chi connectivity index (χ0v) is 25.4. The van der Waals surface area contributed by atoms with Crippen molar-refractivity contribution in [3.05, 3.63) is 107 Å². The van der Waals surface area contributed by atoms with Crippen LogP contribution in [0.4, 0.5) is 18.0 Å². The van der Waals surface area contributed by atoms with Gasteiger partial charge in [-0.1, -0.05) is 84.9 Å². The number of carbonyl (C=O) groups excluding carboxylic acids is 1. The van der Waals surface area contributed by atoms with Gasteiger partial charge in [-0.05, 0) is 86.6 Å². The number of carboxylic acids is 1. The fraction of sp³-hybridized carbons (Fsp3) is 0.429. The van der Waals surface area contributed by atoms with Crippen molar-refractivity contribution in [2.75, 3.05) is 6.54 Å². The maximum atomic E-state index is 13.0. The van der Waals surface area contributed by atoms with Crippen LogP contribution >= 0.6 is 0 Å². The van der Waals surface area contributed by atoms with Gasteiger partial charge >= 0.3 is 18.2 Å². The zero-order chi connectivity index (χ0) is 32.5. The molecule has 1 fully saturated rings. The van der Waals surface area contributed by atoms with E-state index < -0.39 is 23.8 Å². The summed E-state index contributed by atoms with van der Waals surface area (Å²) in [6.07, 6.45) is 2.77. The fourth-order valence-corrected chi connectivity index (χ4v) is 6.41. The second kappa shape index (κ2) is 15.4. The minimum absolute atomic E-state index is 0.176. The van der Waals surface area contributed by atoms with Crippen LogP contribution in [0.3, 0.4) is 0 Å². The van der Waals surface area contributed by atoms with Crippen molar-refractivity contribution in [1.29, 1.82) is 0 Å². The Bertz CT molecular complexity index is 1340. The van der Waals surface area contributed by atoms with Gasteiger partial charge in [-0.2, -0.15) is 13.2 Å². The Morgan fingerprint density at radius 1 is 0.844 bits per heavy atom. The van der Waals surface area contributed by atoms with E-state index in [1.54, 1.807) is 0 Å². The standard InChI is InChI=1S/C33H41N3O2.C2HF3O2/c1-24(33(38,27-11-4-2-5-12-27)28-13-6-3-7-14-28)35-32(37)36-29-19-16-25(17-20-29)22-23-34-31-21-18-26-10-8-9-15-30(26)31;3-2(4,5)1(6)7/h2-15,24-25,29,31,34,38H,16-23H2,1H3,(H2,35,36,37);(H,6,7)/t24-,25-,29-,31-;/m1./s1. The van der Waals surface area contributed by atoms with E-state index in [0.717, 1.165) is 43.4 Å². The monoisotopic (exact) mass is 625 g/mol. The first kappa shape index (κ1) is 34.0. The molecule has 0 radical (unpaired) electrons. The molecule has 2 atom stereocenters. The number of fused-ring (bicyclic) bond motifs is 1. The lowest BCUT2D eigenvalue weighted by Crippen LogP contribution is -2.54. The first-order valence-electron chi connectivity index (χ1n) is 15.5. The number of urea groups is 1. The molecule has 5 N–H and O–H groups in total. The summed E-state index contributed by atoms with van der Waals surface area (Å²) >= 11 is 0. The Balaban J connectivity index is 0.000000591. The van der Waals surface area contributed by atoms with Crippen LogP contribution in [0.15, 0.2) is 84.9 Å². The molecular weight excluding hydrogens is 583 g/mol. The summed E-state index contributed by atoms with van der Waals surface area (Å²) in [5, 5.41) is 29.0. The van der Waals surface area contributed by atoms with Gasteiger partial charge in [0.2, 0.25) is 0 Å². The maximum absolute atomic E-state index is 13.0. The quantitative estimate of drug-likeness (QED) is 0.187. The molecule has 2 amide bonds. The largest absolute Gasteiger partial charge is 0.490 e. The second-order valence-corrected chi connectivity index (χ2v) is 11.9. The minimum Gasteiger partial charge on any atom is -0.475 e.